The molecule has 3 aliphatic rings. The smallest absolute Gasteiger partial charge is 0.183 e. The van der Waals surface area contributed by atoms with Crippen molar-refractivity contribution in [1.29, 1.82) is 0 Å². The summed E-state index contributed by atoms with van der Waals surface area (Å²) in [5.41, 5.74) is 0. The maximum Gasteiger partial charge on any atom is 0.183 e. The van der Waals surface area contributed by atoms with Gasteiger partial charge >= 0.3 is 0 Å². The first-order valence-corrected chi connectivity index (χ1v) is 8.86. The summed E-state index contributed by atoms with van der Waals surface area (Å²) >= 11 is 0. The van der Waals surface area contributed by atoms with Crippen LogP contribution in [-0.4, -0.2) is 42.0 Å². The Morgan fingerprint density at radius 3 is 2.55 bits per heavy atom. The van der Waals surface area contributed by atoms with Gasteiger partial charge in [-0.05, 0) is 32.1 Å². The summed E-state index contributed by atoms with van der Waals surface area (Å²) in [6, 6.07) is 2.08. The molecule has 0 amide bonds. The topological polar surface area (TPSA) is 21.7 Å². The average molecular weight is 281 g/mol. The molecule has 116 valence electrons. The molecular formula is C17H31NO2. The van der Waals surface area contributed by atoms with Gasteiger partial charge in [-0.3, -0.25) is 4.90 Å². The summed E-state index contributed by atoms with van der Waals surface area (Å²) in [6.07, 6.45) is 11.8. The van der Waals surface area contributed by atoms with Crippen molar-refractivity contribution in [3.05, 3.63) is 0 Å². The quantitative estimate of drug-likeness (QED) is 0.766. The molecule has 3 aliphatic heterocycles. The van der Waals surface area contributed by atoms with Gasteiger partial charge in [-0.15, -0.1) is 0 Å². The van der Waals surface area contributed by atoms with Gasteiger partial charge in [0, 0.05) is 18.5 Å². The van der Waals surface area contributed by atoms with Crippen LogP contribution in [0.5, 0.6) is 0 Å². The number of hydrogen-bond donors (Lipinski definition) is 0. The third-order valence-electron chi connectivity index (χ3n) is 5.72. The van der Waals surface area contributed by atoms with Gasteiger partial charge in [0.2, 0.25) is 0 Å². The molecule has 3 rings (SSSR count). The molecular weight excluding hydrogens is 250 g/mol. The fraction of sp³-hybridized carbons (Fsp3) is 1.00. The molecule has 0 aliphatic carbocycles. The Morgan fingerprint density at radius 1 is 1.05 bits per heavy atom. The summed E-state index contributed by atoms with van der Waals surface area (Å²) in [6.45, 7) is 6.09. The van der Waals surface area contributed by atoms with Gasteiger partial charge in [-0.1, -0.05) is 33.1 Å². The molecule has 0 aromatic carbocycles. The van der Waals surface area contributed by atoms with Crippen LogP contribution < -0.4 is 0 Å². The SMILES string of the molecule is CCCC[C@@H]1CC[C@@H]2CCC[C@H](C3(CC)OCCO3)N12. The van der Waals surface area contributed by atoms with Crippen LogP contribution in [0.4, 0.5) is 0 Å². The molecule has 3 heterocycles. The average Bonchev–Trinajstić information content (AvgIpc) is 3.12. The van der Waals surface area contributed by atoms with E-state index in [9.17, 15) is 0 Å². The second-order valence-corrected chi connectivity index (χ2v) is 6.78. The Bertz CT molecular complexity index is 314. The Labute approximate surface area is 124 Å². The molecule has 20 heavy (non-hydrogen) atoms. The lowest BCUT2D eigenvalue weighted by molar-refractivity contribution is -0.218. The molecule has 3 fully saturated rings. The first-order chi connectivity index (χ1) is 9.80. The van der Waals surface area contributed by atoms with Gasteiger partial charge in [-0.2, -0.15) is 0 Å². The van der Waals surface area contributed by atoms with E-state index in [1.54, 1.807) is 0 Å². The monoisotopic (exact) mass is 281 g/mol. The van der Waals surface area contributed by atoms with Gasteiger partial charge in [0.1, 0.15) is 0 Å². The van der Waals surface area contributed by atoms with Crippen molar-refractivity contribution in [1.82, 2.24) is 4.90 Å². The zero-order valence-electron chi connectivity index (χ0n) is 13.3. The van der Waals surface area contributed by atoms with Crippen LogP contribution in [0.2, 0.25) is 0 Å². The predicted molar refractivity (Wildman–Crippen MR) is 80.7 cm³/mol. The second kappa shape index (κ2) is 6.33. The minimum atomic E-state index is -0.298. The lowest BCUT2D eigenvalue weighted by atomic mass is 9.89. The maximum absolute atomic E-state index is 6.13. The van der Waals surface area contributed by atoms with E-state index in [-0.39, 0.29) is 5.79 Å². The largest absolute Gasteiger partial charge is 0.346 e. The Kier molecular flexibility index (Phi) is 4.68. The highest BCUT2D eigenvalue weighted by Crippen LogP contribution is 2.44. The van der Waals surface area contributed by atoms with Crippen LogP contribution in [-0.2, 0) is 9.47 Å². The minimum Gasteiger partial charge on any atom is -0.346 e. The van der Waals surface area contributed by atoms with Gasteiger partial charge in [0.05, 0.1) is 19.3 Å². The highest BCUT2D eigenvalue weighted by molar-refractivity contribution is 5.01. The number of fused-ring (bicyclic) bond motifs is 1. The zero-order valence-corrected chi connectivity index (χ0v) is 13.3. The van der Waals surface area contributed by atoms with Crippen molar-refractivity contribution >= 4 is 0 Å². The first-order valence-electron chi connectivity index (χ1n) is 8.86. The van der Waals surface area contributed by atoms with Gasteiger partial charge < -0.3 is 9.47 Å². The van der Waals surface area contributed by atoms with Crippen LogP contribution in [0.1, 0.15) is 71.6 Å². The summed E-state index contributed by atoms with van der Waals surface area (Å²) in [4.78, 5) is 2.83. The molecule has 0 aromatic heterocycles. The van der Waals surface area contributed by atoms with Gasteiger partial charge in [0.15, 0.2) is 5.79 Å². The van der Waals surface area contributed by atoms with Crippen LogP contribution >= 0.6 is 0 Å². The fourth-order valence-electron chi connectivity index (χ4n) is 4.76. The summed E-state index contributed by atoms with van der Waals surface area (Å²) in [7, 11) is 0. The Balaban J connectivity index is 1.77. The van der Waals surface area contributed by atoms with E-state index >= 15 is 0 Å². The molecule has 3 nitrogen and oxygen atoms in total. The summed E-state index contributed by atoms with van der Waals surface area (Å²) in [5.74, 6) is -0.298. The molecule has 0 spiro atoms. The van der Waals surface area contributed by atoms with Gasteiger partial charge in [0.25, 0.3) is 0 Å². The molecule has 3 heteroatoms. The van der Waals surface area contributed by atoms with E-state index < -0.39 is 0 Å². The molecule has 0 saturated carbocycles. The maximum atomic E-state index is 6.13. The third-order valence-corrected chi connectivity index (χ3v) is 5.72. The fourth-order valence-corrected chi connectivity index (χ4v) is 4.76. The lowest BCUT2D eigenvalue weighted by Crippen LogP contribution is -2.59. The zero-order chi connectivity index (χ0) is 14.0. The van der Waals surface area contributed by atoms with Crippen LogP contribution in [0, 0.1) is 0 Å². The highest BCUT2D eigenvalue weighted by Gasteiger charge is 2.51. The summed E-state index contributed by atoms with van der Waals surface area (Å²) < 4.78 is 12.3. The number of hydrogen-bond acceptors (Lipinski definition) is 3. The van der Waals surface area contributed by atoms with E-state index in [1.165, 1.54) is 51.4 Å². The molecule has 0 bridgehead atoms. The van der Waals surface area contributed by atoms with Crippen LogP contribution in [0.15, 0.2) is 0 Å². The first kappa shape index (κ1) is 14.8. The molecule has 3 atom stereocenters. The van der Waals surface area contributed by atoms with Crippen molar-refractivity contribution < 1.29 is 9.47 Å². The van der Waals surface area contributed by atoms with E-state index in [1.807, 2.05) is 0 Å². The van der Waals surface area contributed by atoms with Crippen molar-refractivity contribution in [3.63, 3.8) is 0 Å². The van der Waals surface area contributed by atoms with Crippen molar-refractivity contribution in [3.8, 4) is 0 Å². The number of ether oxygens (including phenoxy) is 2. The number of unbranched alkanes of at least 4 members (excludes halogenated alkanes) is 1. The standard InChI is InChI=1S/C17H31NO2/c1-3-5-7-14-10-11-15-8-6-9-16(18(14)15)17(4-2)19-12-13-20-17/h14-16H,3-13H2,1-2H3/t14-,15+,16-/m1/s1. The number of nitrogens with zero attached hydrogens (tertiary/aromatic N) is 1. The van der Waals surface area contributed by atoms with Crippen molar-refractivity contribution in [2.45, 2.75) is 95.5 Å². The number of rotatable bonds is 5. The third kappa shape index (κ3) is 2.53. The van der Waals surface area contributed by atoms with Crippen molar-refractivity contribution in [2.24, 2.45) is 0 Å². The second-order valence-electron chi connectivity index (χ2n) is 6.78. The van der Waals surface area contributed by atoms with E-state index in [2.05, 4.69) is 18.7 Å². The normalized spacial score (nSPS) is 37.2. The Morgan fingerprint density at radius 2 is 1.85 bits per heavy atom. The molecule has 0 unspecified atom stereocenters. The van der Waals surface area contributed by atoms with Crippen LogP contribution in [0.3, 0.4) is 0 Å². The molecule has 0 N–H and O–H groups in total. The van der Waals surface area contributed by atoms with Crippen LogP contribution in [0.25, 0.3) is 0 Å². The van der Waals surface area contributed by atoms with E-state index in [4.69, 9.17) is 9.47 Å². The molecule has 3 saturated heterocycles. The van der Waals surface area contributed by atoms with Crippen molar-refractivity contribution in [2.75, 3.05) is 13.2 Å². The molecule has 0 radical (unpaired) electrons. The highest BCUT2D eigenvalue weighted by atomic mass is 16.7. The summed E-state index contributed by atoms with van der Waals surface area (Å²) in [5, 5.41) is 0. The lowest BCUT2D eigenvalue weighted by Gasteiger charge is -2.48. The Hall–Kier alpha value is -0.120. The number of piperidine rings is 1. The van der Waals surface area contributed by atoms with E-state index in [0.717, 1.165) is 31.7 Å². The van der Waals surface area contributed by atoms with Gasteiger partial charge in [-0.25, -0.2) is 0 Å². The predicted octanol–water partition coefficient (Wildman–Crippen LogP) is 3.72. The molecule has 0 aromatic rings. The van der Waals surface area contributed by atoms with E-state index in [0.29, 0.717) is 6.04 Å². The minimum absolute atomic E-state index is 0.298.